The molecule has 0 bridgehead atoms. The SMILES string of the molecule is CCOc1ccccc1N(CC(=O)Nc1ccc2c(c1)OCO2)S(=O)(=O)c1ccc(SC)cc1. The number of nitrogens with one attached hydrogen (secondary N) is 1. The molecule has 0 fully saturated rings. The van der Waals surface area contributed by atoms with E-state index in [4.69, 9.17) is 14.2 Å². The van der Waals surface area contributed by atoms with Gasteiger partial charge < -0.3 is 19.5 Å². The molecule has 3 aromatic rings. The van der Waals surface area contributed by atoms with Crippen molar-refractivity contribution in [2.45, 2.75) is 16.7 Å². The van der Waals surface area contributed by atoms with E-state index < -0.39 is 22.5 Å². The Morgan fingerprint density at radius 2 is 1.79 bits per heavy atom. The van der Waals surface area contributed by atoms with Crippen molar-refractivity contribution < 1.29 is 27.4 Å². The van der Waals surface area contributed by atoms with E-state index in [1.54, 1.807) is 54.6 Å². The van der Waals surface area contributed by atoms with Gasteiger partial charge in [0, 0.05) is 16.6 Å². The minimum Gasteiger partial charge on any atom is -0.492 e. The summed E-state index contributed by atoms with van der Waals surface area (Å²) in [5.74, 6) is 0.944. The monoisotopic (exact) mass is 500 g/mol. The summed E-state index contributed by atoms with van der Waals surface area (Å²) in [4.78, 5) is 14.0. The van der Waals surface area contributed by atoms with Crippen LogP contribution in [0.2, 0.25) is 0 Å². The number of benzene rings is 3. The van der Waals surface area contributed by atoms with Crippen molar-refractivity contribution in [3.05, 3.63) is 66.7 Å². The molecule has 0 unspecified atom stereocenters. The highest BCUT2D eigenvalue weighted by molar-refractivity contribution is 7.98. The molecule has 1 aliphatic rings. The standard InChI is InChI=1S/C24H24N2O6S2/c1-3-30-21-7-5-4-6-20(21)26(34(28,29)19-11-9-18(33-2)10-12-19)15-24(27)25-17-8-13-22-23(14-17)32-16-31-22/h4-14H,3,15-16H2,1-2H3,(H,25,27). The summed E-state index contributed by atoms with van der Waals surface area (Å²) >= 11 is 1.51. The van der Waals surface area contributed by atoms with Gasteiger partial charge in [-0.1, -0.05) is 12.1 Å². The molecule has 0 aromatic heterocycles. The number of fused-ring (bicyclic) bond motifs is 1. The van der Waals surface area contributed by atoms with E-state index in [1.807, 2.05) is 13.2 Å². The van der Waals surface area contributed by atoms with E-state index >= 15 is 0 Å². The molecule has 8 nitrogen and oxygen atoms in total. The number of nitrogens with zero attached hydrogens (tertiary/aromatic N) is 1. The second-order valence-electron chi connectivity index (χ2n) is 7.20. The normalized spacial score (nSPS) is 12.3. The van der Waals surface area contributed by atoms with Crippen molar-refractivity contribution in [1.29, 1.82) is 0 Å². The minimum atomic E-state index is -4.08. The zero-order chi connectivity index (χ0) is 24.1. The van der Waals surface area contributed by atoms with Gasteiger partial charge in [-0.3, -0.25) is 9.10 Å². The van der Waals surface area contributed by atoms with Crippen molar-refractivity contribution in [2.75, 3.05) is 35.8 Å². The third-order valence-corrected chi connectivity index (χ3v) is 7.54. The number of amides is 1. The molecule has 10 heteroatoms. The van der Waals surface area contributed by atoms with Crippen molar-refractivity contribution in [3.8, 4) is 17.2 Å². The number of sulfonamides is 1. The van der Waals surface area contributed by atoms with Gasteiger partial charge in [-0.15, -0.1) is 11.8 Å². The van der Waals surface area contributed by atoms with Crippen molar-refractivity contribution in [3.63, 3.8) is 0 Å². The van der Waals surface area contributed by atoms with E-state index in [1.165, 1.54) is 23.9 Å². The minimum absolute atomic E-state index is 0.0764. The summed E-state index contributed by atoms with van der Waals surface area (Å²) in [6, 6.07) is 18.3. The molecular formula is C24H24N2O6S2. The summed E-state index contributed by atoms with van der Waals surface area (Å²) in [6.07, 6.45) is 1.91. The molecule has 0 atom stereocenters. The number of hydrogen-bond acceptors (Lipinski definition) is 7. The Balaban J connectivity index is 1.66. The molecule has 178 valence electrons. The molecule has 0 saturated carbocycles. The van der Waals surface area contributed by atoms with Crippen LogP contribution in [-0.4, -0.2) is 40.5 Å². The molecule has 1 aliphatic heterocycles. The lowest BCUT2D eigenvalue weighted by atomic mass is 10.2. The number of anilines is 2. The summed E-state index contributed by atoms with van der Waals surface area (Å²) in [6.45, 7) is 1.81. The van der Waals surface area contributed by atoms with Crippen LogP contribution in [0.1, 0.15) is 6.92 Å². The number of para-hydroxylation sites is 2. The van der Waals surface area contributed by atoms with Gasteiger partial charge in [-0.2, -0.15) is 0 Å². The fraction of sp³-hybridized carbons (Fsp3) is 0.208. The lowest BCUT2D eigenvalue weighted by Gasteiger charge is -2.26. The van der Waals surface area contributed by atoms with E-state index in [0.717, 1.165) is 9.20 Å². The Hall–Kier alpha value is -3.37. The predicted octanol–water partition coefficient (Wildman–Crippen LogP) is 4.37. The molecule has 1 heterocycles. The number of rotatable bonds is 9. The van der Waals surface area contributed by atoms with E-state index in [-0.39, 0.29) is 17.4 Å². The van der Waals surface area contributed by atoms with Crippen LogP contribution in [0.4, 0.5) is 11.4 Å². The zero-order valence-corrected chi connectivity index (χ0v) is 20.3. The van der Waals surface area contributed by atoms with Gasteiger partial charge in [0.25, 0.3) is 10.0 Å². The highest BCUT2D eigenvalue weighted by Gasteiger charge is 2.29. The first kappa shape index (κ1) is 23.8. The Morgan fingerprint density at radius 3 is 2.53 bits per heavy atom. The van der Waals surface area contributed by atoms with Crippen LogP contribution in [0, 0.1) is 0 Å². The Kier molecular flexibility index (Phi) is 7.18. The van der Waals surface area contributed by atoms with E-state index in [9.17, 15) is 13.2 Å². The second-order valence-corrected chi connectivity index (χ2v) is 9.95. The molecule has 34 heavy (non-hydrogen) atoms. The first-order chi connectivity index (χ1) is 16.4. The first-order valence-electron chi connectivity index (χ1n) is 10.5. The Labute approximate surface area is 202 Å². The summed E-state index contributed by atoms with van der Waals surface area (Å²) in [5.41, 5.74) is 0.744. The van der Waals surface area contributed by atoms with Crippen LogP contribution in [0.3, 0.4) is 0 Å². The average molecular weight is 501 g/mol. The number of hydrogen-bond donors (Lipinski definition) is 1. The van der Waals surface area contributed by atoms with Gasteiger partial charge >= 0.3 is 0 Å². The molecule has 3 aromatic carbocycles. The average Bonchev–Trinajstić information content (AvgIpc) is 3.31. The van der Waals surface area contributed by atoms with Crippen LogP contribution in [-0.2, 0) is 14.8 Å². The van der Waals surface area contributed by atoms with Gasteiger partial charge in [0.1, 0.15) is 12.3 Å². The molecular weight excluding hydrogens is 476 g/mol. The molecule has 0 radical (unpaired) electrons. The van der Waals surface area contributed by atoms with Crippen LogP contribution in [0.5, 0.6) is 17.2 Å². The Morgan fingerprint density at radius 1 is 1.06 bits per heavy atom. The number of carbonyl (C=O) groups is 1. The smallest absolute Gasteiger partial charge is 0.264 e. The zero-order valence-electron chi connectivity index (χ0n) is 18.7. The van der Waals surface area contributed by atoms with Crippen LogP contribution in [0.25, 0.3) is 0 Å². The highest BCUT2D eigenvalue weighted by atomic mass is 32.2. The van der Waals surface area contributed by atoms with Crippen LogP contribution in [0.15, 0.2) is 76.5 Å². The highest BCUT2D eigenvalue weighted by Crippen LogP contribution is 2.35. The van der Waals surface area contributed by atoms with Crippen LogP contribution >= 0.6 is 11.8 Å². The molecule has 0 spiro atoms. The van der Waals surface area contributed by atoms with Gasteiger partial charge in [0.15, 0.2) is 11.5 Å². The predicted molar refractivity (Wildman–Crippen MR) is 132 cm³/mol. The first-order valence-corrected chi connectivity index (χ1v) is 13.2. The summed E-state index contributed by atoms with van der Waals surface area (Å²) in [5, 5.41) is 2.74. The quantitative estimate of drug-likeness (QED) is 0.436. The lowest BCUT2D eigenvalue weighted by molar-refractivity contribution is -0.114. The maximum absolute atomic E-state index is 13.7. The largest absolute Gasteiger partial charge is 0.492 e. The Bertz CT molecular complexity index is 1280. The number of ether oxygens (including phenoxy) is 3. The topological polar surface area (TPSA) is 94.2 Å². The second kappa shape index (κ2) is 10.3. The molecule has 4 rings (SSSR count). The number of carbonyl (C=O) groups excluding carboxylic acids is 1. The maximum atomic E-state index is 13.7. The number of thioether (sulfide) groups is 1. The third kappa shape index (κ3) is 5.07. The van der Waals surface area contributed by atoms with Crippen LogP contribution < -0.4 is 23.8 Å². The van der Waals surface area contributed by atoms with Crippen molar-refractivity contribution in [1.82, 2.24) is 0 Å². The molecule has 0 saturated heterocycles. The van der Waals surface area contributed by atoms with Gasteiger partial charge in [0.05, 0.1) is 17.2 Å². The summed E-state index contributed by atoms with van der Waals surface area (Å²) in [7, 11) is -4.08. The maximum Gasteiger partial charge on any atom is 0.264 e. The fourth-order valence-corrected chi connectivity index (χ4v) is 5.26. The van der Waals surface area contributed by atoms with E-state index in [2.05, 4.69) is 5.32 Å². The summed E-state index contributed by atoms with van der Waals surface area (Å²) < 4.78 is 44.7. The lowest BCUT2D eigenvalue weighted by Crippen LogP contribution is -2.38. The van der Waals surface area contributed by atoms with Crippen molar-refractivity contribution >= 4 is 39.1 Å². The van der Waals surface area contributed by atoms with Gasteiger partial charge in [0.2, 0.25) is 12.7 Å². The molecule has 1 amide bonds. The van der Waals surface area contributed by atoms with Gasteiger partial charge in [-0.25, -0.2) is 8.42 Å². The third-order valence-electron chi connectivity index (χ3n) is 5.02. The van der Waals surface area contributed by atoms with Gasteiger partial charge in [-0.05, 0) is 61.7 Å². The molecule has 1 N–H and O–H groups in total. The van der Waals surface area contributed by atoms with Crippen molar-refractivity contribution in [2.24, 2.45) is 0 Å². The molecule has 0 aliphatic carbocycles. The van der Waals surface area contributed by atoms with E-state index in [0.29, 0.717) is 29.5 Å². The fourth-order valence-electron chi connectivity index (χ4n) is 3.42.